The van der Waals surface area contributed by atoms with Gasteiger partial charge in [0.2, 0.25) is 0 Å². The molecule has 0 aliphatic carbocycles. The van der Waals surface area contributed by atoms with Crippen molar-refractivity contribution in [2.75, 3.05) is 26.3 Å². The van der Waals surface area contributed by atoms with Crippen LogP contribution in [0.4, 0.5) is 0 Å². The minimum absolute atomic E-state index is 0.0231. The number of hydrogen-bond acceptors (Lipinski definition) is 4. The number of carbonyl (C=O) groups is 2. The lowest BCUT2D eigenvalue weighted by Gasteiger charge is -2.33. The van der Waals surface area contributed by atoms with Gasteiger partial charge in [-0.15, -0.1) is 0 Å². The van der Waals surface area contributed by atoms with Gasteiger partial charge >= 0.3 is 0 Å². The summed E-state index contributed by atoms with van der Waals surface area (Å²) in [4.78, 5) is 26.1. The van der Waals surface area contributed by atoms with E-state index in [0.717, 1.165) is 14.7 Å². The minimum atomic E-state index is -0.183. The molecular weight excluding hydrogens is 457 g/mol. The number of halogens is 1. The molecule has 0 aromatic heterocycles. The zero-order valence-corrected chi connectivity index (χ0v) is 17.6. The number of Topliss-reactive ketones (excluding diaryl/α,β-unsaturated/α-hetero) is 1. The molecule has 1 aliphatic rings. The topological polar surface area (TPSA) is 55.8 Å². The minimum Gasteiger partial charge on any atom is -0.491 e. The van der Waals surface area contributed by atoms with Crippen LogP contribution in [0.2, 0.25) is 0 Å². The van der Waals surface area contributed by atoms with Crippen molar-refractivity contribution in [3.8, 4) is 5.75 Å². The summed E-state index contributed by atoms with van der Waals surface area (Å²) < 4.78 is 12.6. The Bertz CT molecular complexity index is 852. The Hall–Kier alpha value is -1.93. The number of aryl methyl sites for hydroxylation is 1. The number of amides is 1. The lowest BCUT2D eigenvalue weighted by molar-refractivity contribution is -0.0401. The van der Waals surface area contributed by atoms with Crippen LogP contribution in [0.1, 0.15) is 33.2 Å². The zero-order chi connectivity index (χ0) is 19.4. The predicted octanol–water partition coefficient (Wildman–Crippen LogP) is 3.72. The molecule has 0 bridgehead atoms. The van der Waals surface area contributed by atoms with Crippen molar-refractivity contribution in [3.63, 3.8) is 0 Å². The van der Waals surface area contributed by atoms with Gasteiger partial charge < -0.3 is 14.4 Å². The van der Waals surface area contributed by atoms with Crippen molar-refractivity contribution >= 4 is 34.3 Å². The van der Waals surface area contributed by atoms with Gasteiger partial charge in [0.15, 0.2) is 5.78 Å². The van der Waals surface area contributed by atoms with Crippen molar-refractivity contribution < 1.29 is 19.1 Å². The van der Waals surface area contributed by atoms with Gasteiger partial charge in [-0.3, -0.25) is 9.59 Å². The SMILES string of the molecule is CC(=O)c1ccc(OCC2CN(C(=O)c3ccccc3I)CCO2)cc1C. The summed E-state index contributed by atoms with van der Waals surface area (Å²) in [7, 11) is 0. The van der Waals surface area contributed by atoms with Gasteiger partial charge in [-0.05, 0) is 72.3 Å². The molecule has 1 heterocycles. The Morgan fingerprint density at radius 3 is 2.70 bits per heavy atom. The molecule has 5 nitrogen and oxygen atoms in total. The van der Waals surface area contributed by atoms with Gasteiger partial charge in [0.1, 0.15) is 18.5 Å². The van der Waals surface area contributed by atoms with Crippen LogP contribution >= 0.6 is 22.6 Å². The molecule has 0 N–H and O–H groups in total. The molecular formula is C21H22INO4. The summed E-state index contributed by atoms with van der Waals surface area (Å²) in [5.41, 5.74) is 2.31. The third-order valence-electron chi connectivity index (χ3n) is 4.54. The van der Waals surface area contributed by atoms with Crippen molar-refractivity contribution in [3.05, 3.63) is 62.7 Å². The number of benzene rings is 2. The molecule has 1 fully saturated rings. The van der Waals surface area contributed by atoms with E-state index in [0.29, 0.717) is 37.6 Å². The highest BCUT2D eigenvalue weighted by Gasteiger charge is 2.26. The van der Waals surface area contributed by atoms with E-state index >= 15 is 0 Å². The predicted molar refractivity (Wildman–Crippen MR) is 111 cm³/mol. The van der Waals surface area contributed by atoms with Crippen LogP contribution in [0, 0.1) is 10.5 Å². The van der Waals surface area contributed by atoms with Crippen LogP contribution in [0.3, 0.4) is 0 Å². The lowest BCUT2D eigenvalue weighted by atomic mass is 10.1. The molecule has 0 radical (unpaired) electrons. The molecule has 27 heavy (non-hydrogen) atoms. The van der Waals surface area contributed by atoms with E-state index in [1.807, 2.05) is 42.2 Å². The van der Waals surface area contributed by atoms with Crippen LogP contribution in [0.15, 0.2) is 42.5 Å². The molecule has 1 atom stereocenters. The summed E-state index contributed by atoms with van der Waals surface area (Å²) in [6, 6.07) is 13.0. The molecule has 2 aromatic rings. The van der Waals surface area contributed by atoms with E-state index in [-0.39, 0.29) is 17.8 Å². The number of ketones is 1. The Morgan fingerprint density at radius 1 is 1.22 bits per heavy atom. The van der Waals surface area contributed by atoms with Gasteiger partial charge in [-0.2, -0.15) is 0 Å². The second-order valence-corrected chi connectivity index (χ2v) is 7.73. The largest absolute Gasteiger partial charge is 0.491 e. The number of hydrogen-bond donors (Lipinski definition) is 0. The first-order chi connectivity index (χ1) is 13.0. The fourth-order valence-corrected chi connectivity index (χ4v) is 3.74. The van der Waals surface area contributed by atoms with E-state index in [1.54, 1.807) is 19.1 Å². The number of ether oxygens (including phenoxy) is 2. The molecule has 0 saturated carbocycles. The van der Waals surface area contributed by atoms with E-state index in [4.69, 9.17) is 9.47 Å². The first-order valence-corrected chi connectivity index (χ1v) is 9.93. The first kappa shape index (κ1) is 19.8. The van der Waals surface area contributed by atoms with Crippen LogP contribution in [0.25, 0.3) is 0 Å². The molecule has 1 saturated heterocycles. The van der Waals surface area contributed by atoms with Crippen molar-refractivity contribution in [1.82, 2.24) is 4.90 Å². The lowest BCUT2D eigenvalue weighted by Crippen LogP contribution is -2.47. The van der Waals surface area contributed by atoms with Crippen molar-refractivity contribution in [2.45, 2.75) is 20.0 Å². The Labute approximate surface area is 172 Å². The Kier molecular flexibility index (Phi) is 6.49. The molecule has 2 aromatic carbocycles. The second-order valence-electron chi connectivity index (χ2n) is 6.57. The maximum Gasteiger partial charge on any atom is 0.255 e. The summed E-state index contributed by atoms with van der Waals surface area (Å²) in [5.74, 6) is 0.761. The molecule has 1 amide bonds. The van der Waals surface area contributed by atoms with Crippen molar-refractivity contribution in [2.24, 2.45) is 0 Å². The Balaban J connectivity index is 1.60. The third kappa shape index (κ3) is 4.87. The summed E-state index contributed by atoms with van der Waals surface area (Å²) in [6.07, 6.45) is -0.183. The maximum atomic E-state index is 12.8. The highest BCUT2D eigenvalue weighted by atomic mass is 127. The van der Waals surface area contributed by atoms with E-state index in [9.17, 15) is 9.59 Å². The third-order valence-corrected chi connectivity index (χ3v) is 5.48. The highest BCUT2D eigenvalue weighted by molar-refractivity contribution is 14.1. The van der Waals surface area contributed by atoms with Gasteiger partial charge in [-0.1, -0.05) is 12.1 Å². The normalized spacial score (nSPS) is 16.9. The number of nitrogens with zero attached hydrogens (tertiary/aromatic N) is 1. The number of morpholine rings is 1. The van der Waals surface area contributed by atoms with E-state index in [2.05, 4.69) is 22.6 Å². The van der Waals surface area contributed by atoms with Gasteiger partial charge in [0, 0.05) is 15.7 Å². The zero-order valence-electron chi connectivity index (χ0n) is 15.4. The fraction of sp³-hybridized carbons (Fsp3) is 0.333. The molecule has 3 rings (SSSR count). The summed E-state index contributed by atoms with van der Waals surface area (Å²) in [6.45, 7) is 5.36. The van der Waals surface area contributed by atoms with Crippen LogP contribution in [0.5, 0.6) is 5.75 Å². The standard InChI is InChI=1S/C21H22INO4/c1-14-11-16(7-8-18(14)15(2)24)27-13-17-12-23(9-10-26-17)21(25)19-5-3-4-6-20(19)22/h3-8,11,17H,9-10,12-13H2,1-2H3. The van der Waals surface area contributed by atoms with E-state index < -0.39 is 0 Å². The van der Waals surface area contributed by atoms with Crippen molar-refractivity contribution in [1.29, 1.82) is 0 Å². The van der Waals surface area contributed by atoms with Crippen LogP contribution in [-0.2, 0) is 4.74 Å². The monoisotopic (exact) mass is 479 g/mol. The summed E-state index contributed by atoms with van der Waals surface area (Å²) >= 11 is 2.18. The fourth-order valence-electron chi connectivity index (χ4n) is 3.12. The van der Waals surface area contributed by atoms with Gasteiger partial charge in [-0.25, -0.2) is 0 Å². The van der Waals surface area contributed by atoms with Crippen LogP contribution < -0.4 is 4.74 Å². The van der Waals surface area contributed by atoms with Crippen LogP contribution in [-0.4, -0.2) is 49.0 Å². The number of carbonyl (C=O) groups excluding carboxylic acids is 2. The smallest absolute Gasteiger partial charge is 0.255 e. The van der Waals surface area contributed by atoms with E-state index in [1.165, 1.54) is 0 Å². The maximum absolute atomic E-state index is 12.8. The highest BCUT2D eigenvalue weighted by Crippen LogP contribution is 2.20. The van der Waals surface area contributed by atoms with Gasteiger partial charge in [0.25, 0.3) is 5.91 Å². The average Bonchev–Trinajstić information content (AvgIpc) is 2.66. The number of rotatable bonds is 5. The molecule has 1 aliphatic heterocycles. The molecule has 6 heteroatoms. The average molecular weight is 479 g/mol. The van der Waals surface area contributed by atoms with Gasteiger partial charge in [0.05, 0.1) is 18.7 Å². The molecule has 142 valence electrons. The first-order valence-electron chi connectivity index (χ1n) is 8.85. The molecule has 0 spiro atoms. The Morgan fingerprint density at radius 2 is 2.00 bits per heavy atom. The quantitative estimate of drug-likeness (QED) is 0.485. The summed E-state index contributed by atoms with van der Waals surface area (Å²) in [5, 5.41) is 0. The second kappa shape index (κ2) is 8.84. The molecule has 1 unspecified atom stereocenters.